The predicted octanol–water partition coefficient (Wildman–Crippen LogP) is 1.29. The summed E-state index contributed by atoms with van der Waals surface area (Å²) >= 11 is 6.06. The largest absolute Gasteiger partial charge is 0.335 e. The van der Waals surface area contributed by atoms with Gasteiger partial charge in [0.1, 0.15) is 0 Å². The monoisotopic (exact) mass is 321 g/mol. The molecule has 116 valence electrons. The number of hydrogen-bond donors (Lipinski definition) is 1. The zero-order chi connectivity index (χ0) is 15.5. The van der Waals surface area contributed by atoms with Gasteiger partial charge in [0.15, 0.2) is 0 Å². The maximum absolute atomic E-state index is 12.9. The third-order valence-electron chi connectivity index (χ3n) is 3.36. The average Bonchev–Trinajstić information content (AvgIpc) is 2.95. The Bertz CT molecular complexity index is 661. The Morgan fingerprint density at radius 3 is 2.95 bits per heavy atom. The zero-order valence-corrected chi connectivity index (χ0v) is 12.8. The van der Waals surface area contributed by atoms with Crippen LogP contribution in [0.1, 0.15) is 17.3 Å². The number of benzene rings is 1. The lowest BCUT2D eigenvalue weighted by molar-refractivity contribution is -0.00474. The first-order chi connectivity index (χ1) is 10.6. The van der Waals surface area contributed by atoms with Crippen LogP contribution in [-0.2, 0) is 4.84 Å². The minimum atomic E-state index is -0.117. The van der Waals surface area contributed by atoms with Gasteiger partial charge in [0.25, 0.3) is 5.91 Å². The van der Waals surface area contributed by atoms with E-state index in [1.807, 2.05) is 6.92 Å². The lowest BCUT2D eigenvalue weighted by Crippen LogP contribution is -2.37. The summed E-state index contributed by atoms with van der Waals surface area (Å²) in [5, 5.41) is 8.68. The van der Waals surface area contributed by atoms with E-state index in [2.05, 4.69) is 15.7 Å². The molecule has 0 unspecified atom stereocenters. The second-order valence-corrected chi connectivity index (χ2v) is 5.49. The molecule has 0 spiro atoms. The van der Waals surface area contributed by atoms with E-state index < -0.39 is 0 Å². The van der Waals surface area contributed by atoms with Crippen molar-refractivity contribution in [2.45, 2.75) is 13.0 Å². The van der Waals surface area contributed by atoms with Gasteiger partial charge >= 0.3 is 0 Å². The highest BCUT2D eigenvalue weighted by atomic mass is 35.5. The summed E-state index contributed by atoms with van der Waals surface area (Å²) in [6, 6.07) is 5.10. The number of amides is 1. The van der Waals surface area contributed by atoms with Crippen LogP contribution in [0.3, 0.4) is 0 Å². The van der Waals surface area contributed by atoms with Crippen LogP contribution >= 0.6 is 11.6 Å². The summed E-state index contributed by atoms with van der Waals surface area (Å²) in [6.07, 6.45) is 3.04. The topological polar surface area (TPSA) is 72.3 Å². The molecule has 1 atom stereocenters. The molecule has 0 aliphatic carbocycles. The van der Waals surface area contributed by atoms with E-state index in [4.69, 9.17) is 16.4 Å². The van der Waals surface area contributed by atoms with Crippen molar-refractivity contribution >= 4 is 17.5 Å². The van der Waals surface area contributed by atoms with Crippen molar-refractivity contribution in [3.63, 3.8) is 0 Å². The van der Waals surface area contributed by atoms with Crippen molar-refractivity contribution in [3.8, 4) is 5.69 Å². The van der Waals surface area contributed by atoms with Gasteiger partial charge in [-0.2, -0.15) is 15.0 Å². The standard InChI is InChI=1S/C14H16ClN5O2/c1-10-9-19(7-6-18-22-10)14(21)12-8-11(15)2-3-13(12)20-16-4-5-17-20/h2-5,8,10,18H,6-7,9H2,1H3/t10-/m0/s1. The summed E-state index contributed by atoms with van der Waals surface area (Å²) in [4.78, 5) is 21.4. The van der Waals surface area contributed by atoms with E-state index in [9.17, 15) is 4.79 Å². The first kappa shape index (κ1) is 15.0. The molecule has 1 aromatic heterocycles. The Morgan fingerprint density at radius 2 is 2.18 bits per heavy atom. The highest BCUT2D eigenvalue weighted by Gasteiger charge is 2.24. The van der Waals surface area contributed by atoms with Crippen molar-refractivity contribution < 1.29 is 9.63 Å². The maximum atomic E-state index is 12.9. The second kappa shape index (κ2) is 6.43. The number of hydrogen-bond acceptors (Lipinski definition) is 5. The molecule has 1 saturated heterocycles. The molecule has 2 aromatic rings. The van der Waals surface area contributed by atoms with Gasteiger partial charge in [-0.1, -0.05) is 11.6 Å². The van der Waals surface area contributed by atoms with Gasteiger partial charge in [-0.25, -0.2) is 5.48 Å². The van der Waals surface area contributed by atoms with Gasteiger partial charge in [-0.15, -0.1) is 0 Å². The van der Waals surface area contributed by atoms with Crippen LogP contribution in [0.5, 0.6) is 0 Å². The quantitative estimate of drug-likeness (QED) is 0.902. The van der Waals surface area contributed by atoms with Gasteiger partial charge in [-0.05, 0) is 25.1 Å². The number of nitrogens with one attached hydrogen (secondary N) is 1. The molecule has 0 radical (unpaired) electrons. The number of nitrogens with zero attached hydrogens (tertiary/aromatic N) is 4. The Hall–Kier alpha value is -1.96. The van der Waals surface area contributed by atoms with E-state index in [1.54, 1.807) is 35.5 Å². The fourth-order valence-electron chi connectivity index (χ4n) is 2.37. The fourth-order valence-corrected chi connectivity index (χ4v) is 2.54. The normalized spacial score (nSPS) is 19.0. The van der Waals surface area contributed by atoms with Crippen molar-refractivity contribution in [1.82, 2.24) is 25.4 Å². The van der Waals surface area contributed by atoms with Gasteiger partial charge in [0.2, 0.25) is 0 Å². The third-order valence-corrected chi connectivity index (χ3v) is 3.59. The minimum absolute atomic E-state index is 0.0862. The molecule has 2 heterocycles. The van der Waals surface area contributed by atoms with Gasteiger partial charge in [0.05, 0.1) is 29.7 Å². The molecule has 22 heavy (non-hydrogen) atoms. The number of rotatable bonds is 2. The predicted molar refractivity (Wildman–Crippen MR) is 80.8 cm³/mol. The SMILES string of the molecule is C[C@H]1CN(C(=O)c2cc(Cl)ccc2-n2nccn2)CCNO1. The highest BCUT2D eigenvalue weighted by molar-refractivity contribution is 6.31. The van der Waals surface area contributed by atoms with Crippen molar-refractivity contribution in [2.75, 3.05) is 19.6 Å². The summed E-state index contributed by atoms with van der Waals surface area (Å²) in [5.41, 5.74) is 3.91. The number of carbonyl (C=O) groups is 1. The molecule has 1 N–H and O–H groups in total. The highest BCUT2D eigenvalue weighted by Crippen LogP contribution is 2.21. The average molecular weight is 322 g/mol. The Morgan fingerprint density at radius 1 is 1.41 bits per heavy atom. The molecular weight excluding hydrogens is 306 g/mol. The van der Waals surface area contributed by atoms with Gasteiger partial charge in [-0.3, -0.25) is 9.63 Å². The molecule has 1 aromatic carbocycles. The van der Waals surface area contributed by atoms with Crippen molar-refractivity contribution in [2.24, 2.45) is 0 Å². The van der Waals surface area contributed by atoms with E-state index >= 15 is 0 Å². The molecule has 3 rings (SSSR count). The molecule has 0 bridgehead atoms. The lowest BCUT2D eigenvalue weighted by atomic mass is 10.1. The number of aromatic nitrogens is 3. The molecule has 7 nitrogen and oxygen atoms in total. The minimum Gasteiger partial charge on any atom is -0.335 e. The molecule has 8 heteroatoms. The van der Waals surface area contributed by atoms with Crippen LogP contribution in [0.15, 0.2) is 30.6 Å². The molecule has 1 aliphatic rings. The van der Waals surface area contributed by atoms with E-state index in [1.165, 1.54) is 4.80 Å². The summed E-state index contributed by atoms with van der Waals surface area (Å²) in [7, 11) is 0. The lowest BCUT2D eigenvalue weighted by Gasteiger charge is -2.22. The van der Waals surface area contributed by atoms with Gasteiger partial charge < -0.3 is 4.90 Å². The second-order valence-electron chi connectivity index (χ2n) is 5.05. The molecule has 1 fully saturated rings. The van der Waals surface area contributed by atoms with E-state index in [-0.39, 0.29) is 12.0 Å². The third kappa shape index (κ3) is 3.11. The van der Waals surface area contributed by atoms with Crippen LogP contribution in [0.2, 0.25) is 5.02 Å². The molecular formula is C14H16ClN5O2. The van der Waals surface area contributed by atoms with Crippen molar-refractivity contribution in [1.29, 1.82) is 0 Å². The van der Waals surface area contributed by atoms with Gasteiger partial charge in [0, 0.05) is 24.7 Å². The van der Waals surface area contributed by atoms with E-state index in [0.29, 0.717) is 35.9 Å². The molecule has 0 saturated carbocycles. The molecule has 1 aliphatic heterocycles. The number of halogens is 1. The summed E-state index contributed by atoms with van der Waals surface area (Å²) in [6.45, 7) is 3.55. The van der Waals surface area contributed by atoms with Crippen molar-refractivity contribution in [3.05, 3.63) is 41.2 Å². The van der Waals surface area contributed by atoms with Crippen LogP contribution in [0.4, 0.5) is 0 Å². The number of carbonyl (C=O) groups excluding carboxylic acids is 1. The summed E-state index contributed by atoms with van der Waals surface area (Å²) in [5.74, 6) is -0.117. The van der Waals surface area contributed by atoms with Crippen LogP contribution < -0.4 is 5.48 Å². The van der Waals surface area contributed by atoms with Crippen LogP contribution in [-0.4, -0.2) is 51.5 Å². The Balaban J connectivity index is 1.96. The Kier molecular flexibility index (Phi) is 4.37. The van der Waals surface area contributed by atoms with Crippen LogP contribution in [0, 0.1) is 0 Å². The fraction of sp³-hybridized carbons (Fsp3) is 0.357. The first-order valence-electron chi connectivity index (χ1n) is 6.99. The molecule has 1 amide bonds. The van der Waals surface area contributed by atoms with Crippen LogP contribution in [0.25, 0.3) is 5.69 Å². The summed E-state index contributed by atoms with van der Waals surface area (Å²) < 4.78 is 0. The number of hydroxylamine groups is 1. The van der Waals surface area contributed by atoms with E-state index in [0.717, 1.165) is 0 Å². The zero-order valence-electron chi connectivity index (χ0n) is 12.1. The Labute approximate surface area is 132 Å². The maximum Gasteiger partial charge on any atom is 0.256 e. The first-order valence-corrected chi connectivity index (χ1v) is 7.37. The smallest absolute Gasteiger partial charge is 0.256 e.